The third kappa shape index (κ3) is 7.21. The number of piperidine rings is 1. The third-order valence-corrected chi connectivity index (χ3v) is 4.33. The molecule has 0 spiro atoms. The van der Waals surface area contributed by atoms with Gasteiger partial charge in [-0.25, -0.2) is 0 Å². The second kappa shape index (κ2) is 8.94. The molecule has 1 fully saturated rings. The number of anilines is 1. The van der Waals surface area contributed by atoms with Gasteiger partial charge >= 0.3 is 6.36 Å². The topological polar surface area (TPSA) is 62.9 Å². The zero-order chi connectivity index (χ0) is 18.3. The number of nitrogens with two attached hydrogens (primary N) is 1. The highest BCUT2D eigenvalue weighted by atomic mass is 19.4. The molecule has 1 aromatic rings. The van der Waals surface area contributed by atoms with Crippen molar-refractivity contribution in [2.24, 2.45) is 16.6 Å². The van der Waals surface area contributed by atoms with E-state index in [9.17, 15) is 13.2 Å². The summed E-state index contributed by atoms with van der Waals surface area (Å²) in [7, 11) is 0. The van der Waals surface area contributed by atoms with Gasteiger partial charge in [0.25, 0.3) is 0 Å². The van der Waals surface area contributed by atoms with Gasteiger partial charge in [-0.05, 0) is 69.1 Å². The van der Waals surface area contributed by atoms with Crippen LogP contribution in [0.4, 0.5) is 18.9 Å². The first-order valence-electron chi connectivity index (χ1n) is 8.51. The minimum absolute atomic E-state index is 0.260. The van der Waals surface area contributed by atoms with Crippen molar-refractivity contribution in [3.05, 3.63) is 24.3 Å². The summed E-state index contributed by atoms with van der Waals surface area (Å²) >= 11 is 0. The van der Waals surface area contributed by atoms with E-state index in [2.05, 4.69) is 26.9 Å². The Balaban J connectivity index is 1.73. The number of benzene rings is 1. The number of nitrogens with zero attached hydrogens (tertiary/aromatic N) is 2. The van der Waals surface area contributed by atoms with E-state index >= 15 is 0 Å². The van der Waals surface area contributed by atoms with E-state index in [0.29, 0.717) is 18.2 Å². The molecule has 0 saturated carbocycles. The zero-order valence-corrected chi connectivity index (χ0v) is 14.4. The first-order valence-corrected chi connectivity index (χ1v) is 8.51. The van der Waals surface area contributed by atoms with Gasteiger partial charge in [-0.1, -0.05) is 6.92 Å². The summed E-state index contributed by atoms with van der Waals surface area (Å²) in [5.41, 5.74) is 6.39. The molecule has 2 rings (SSSR count). The predicted molar refractivity (Wildman–Crippen MR) is 92.7 cm³/mol. The smallest absolute Gasteiger partial charge is 0.406 e. The number of guanidine groups is 1. The van der Waals surface area contributed by atoms with Crippen LogP contribution in [0, 0.1) is 5.92 Å². The summed E-state index contributed by atoms with van der Waals surface area (Å²) in [4.78, 5) is 6.74. The number of halogens is 3. The van der Waals surface area contributed by atoms with Crippen molar-refractivity contribution in [2.75, 3.05) is 31.5 Å². The van der Waals surface area contributed by atoms with Crippen LogP contribution in [0.25, 0.3) is 0 Å². The van der Waals surface area contributed by atoms with Gasteiger partial charge < -0.3 is 20.7 Å². The summed E-state index contributed by atoms with van der Waals surface area (Å²) in [6.07, 6.45) is -1.31. The quantitative estimate of drug-likeness (QED) is 0.604. The van der Waals surface area contributed by atoms with Crippen molar-refractivity contribution in [1.29, 1.82) is 0 Å². The van der Waals surface area contributed by atoms with Gasteiger partial charge in [0, 0.05) is 12.2 Å². The summed E-state index contributed by atoms with van der Waals surface area (Å²) in [5, 5.41) is 2.87. The maximum absolute atomic E-state index is 12.1. The average Bonchev–Trinajstić information content (AvgIpc) is 2.56. The molecule has 1 aromatic carbocycles. The Hall–Kier alpha value is -1.96. The number of nitrogens with one attached hydrogen (secondary N) is 1. The van der Waals surface area contributed by atoms with E-state index in [1.54, 1.807) is 0 Å². The molecule has 1 aliphatic rings. The fraction of sp³-hybridized carbons (Fsp3) is 0.588. The predicted octanol–water partition coefficient (Wildman–Crippen LogP) is 3.43. The molecule has 1 saturated heterocycles. The number of ether oxygens (including phenoxy) is 1. The second-order valence-corrected chi connectivity index (χ2v) is 6.13. The van der Waals surface area contributed by atoms with E-state index in [1.165, 1.54) is 37.1 Å². The van der Waals surface area contributed by atoms with Gasteiger partial charge in [-0.2, -0.15) is 0 Å². The molecule has 1 heterocycles. The van der Waals surface area contributed by atoms with Gasteiger partial charge in [-0.15, -0.1) is 13.2 Å². The lowest BCUT2D eigenvalue weighted by molar-refractivity contribution is -0.274. The summed E-state index contributed by atoms with van der Waals surface area (Å²) < 4.78 is 40.1. The molecule has 0 aliphatic carbocycles. The highest BCUT2D eigenvalue weighted by Gasteiger charge is 2.30. The minimum atomic E-state index is -4.69. The average molecular weight is 358 g/mol. The molecular formula is C17H25F3N4O. The lowest BCUT2D eigenvalue weighted by Crippen LogP contribution is -2.33. The maximum atomic E-state index is 12.1. The molecule has 5 nitrogen and oxygen atoms in total. The standard InChI is InChI=1S/C17H25F3N4O/c1-2-24-11-8-13(9-12-24)7-10-22-16(21)23-14-3-5-15(6-4-14)25-17(18,19)20/h3-6,13H,2,7-12H2,1H3,(H3,21,22,23). The molecule has 0 amide bonds. The van der Waals surface area contributed by atoms with Crippen LogP contribution in [0.3, 0.4) is 0 Å². The van der Waals surface area contributed by atoms with Crippen molar-refractivity contribution in [1.82, 2.24) is 4.90 Å². The van der Waals surface area contributed by atoms with E-state index in [-0.39, 0.29) is 11.7 Å². The Bertz CT molecular complexity index is 552. The zero-order valence-electron chi connectivity index (χ0n) is 14.4. The van der Waals surface area contributed by atoms with Crippen molar-refractivity contribution in [3.8, 4) is 5.75 Å². The molecule has 8 heteroatoms. The highest BCUT2D eigenvalue weighted by molar-refractivity contribution is 5.92. The molecule has 0 unspecified atom stereocenters. The van der Waals surface area contributed by atoms with Gasteiger partial charge in [0.2, 0.25) is 0 Å². The van der Waals surface area contributed by atoms with E-state index in [0.717, 1.165) is 26.1 Å². The minimum Gasteiger partial charge on any atom is -0.406 e. The highest BCUT2D eigenvalue weighted by Crippen LogP contribution is 2.24. The third-order valence-electron chi connectivity index (χ3n) is 4.33. The van der Waals surface area contributed by atoms with Crippen molar-refractivity contribution in [2.45, 2.75) is 32.5 Å². The Kier molecular flexibility index (Phi) is 6.92. The van der Waals surface area contributed by atoms with Crippen LogP contribution in [-0.2, 0) is 0 Å². The Morgan fingerprint density at radius 3 is 2.48 bits per heavy atom. The molecule has 25 heavy (non-hydrogen) atoms. The first-order chi connectivity index (χ1) is 11.9. The fourth-order valence-electron chi connectivity index (χ4n) is 2.89. The van der Waals surface area contributed by atoms with Gasteiger partial charge in [0.1, 0.15) is 5.75 Å². The lowest BCUT2D eigenvalue weighted by Gasteiger charge is -2.30. The summed E-state index contributed by atoms with van der Waals surface area (Å²) in [5.74, 6) is 0.667. The number of aliphatic imine (C=N–C) groups is 1. The first kappa shape index (κ1) is 19.4. The monoisotopic (exact) mass is 358 g/mol. The van der Waals surface area contributed by atoms with Crippen LogP contribution in [0.1, 0.15) is 26.2 Å². The van der Waals surface area contributed by atoms with Crippen molar-refractivity contribution in [3.63, 3.8) is 0 Å². The van der Waals surface area contributed by atoms with E-state index < -0.39 is 6.36 Å². The number of alkyl halides is 3. The fourth-order valence-corrected chi connectivity index (χ4v) is 2.89. The van der Waals surface area contributed by atoms with Crippen LogP contribution >= 0.6 is 0 Å². The molecule has 3 N–H and O–H groups in total. The van der Waals surface area contributed by atoms with Crippen LogP contribution in [0.5, 0.6) is 5.75 Å². The molecule has 0 atom stereocenters. The molecule has 0 aromatic heterocycles. The van der Waals surface area contributed by atoms with Crippen molar-refractivity contribution < 1.29 is 17.9 Å². The molecular weight excluding hydrogens is 333 g/mol. The van der Waals surface area contributed by atoms with Crippen LogP contribution in [0.15, 0.2) is 29.3 Å². The lowest BCUT2D eigenvalue weighted by atomic mass is 9.94. The molecule has 0 bridgehead atoms. The van der Waals surface area contributed by atoms with E-state index in [1.807, 2.05) is 0 Å². The molecule has 0 radical (unpaired) electrons. The molecule has 140 valence electrons. The number of rotatable bonds is 6. The Labute approximate surface area is 146 Å². The number of likely N-dealkylation sites (tertiary alicyclic amines) is 1. The maximum Gasteiger partial charge on any atom is 0.573 e. The SMILES string of the molecule is CCN1CCC(CCN=C(N)Nc2ccc(OC(F)(F)F)cc2)CC1. The largest absolute Gasteiger partial charge is 0.573 e. The Morgan fingerprint density at radius 1 is 1.28 bits per heavy atom. The molecule has 1 aliphatic heterocycles. The van der Waals surface area contributed by atoms with Gasteiger partial charge in [0.15, 0.2) is 5.96 Å². The van der Waals surface area contributed by atoms with Gasteiger partial charge in [-0.3, -0.25) is 4.99 Å². The summed E-state index contributed by atoms with van der Waals surface area (Å²) in [6.45, 7) is 6.22. The van der Waals surface area contributed by atoms with Crippen LogP contribution < -0.4 is 15.8 Å². The van der Waals surface area contributed by atoms with Crippen molar-refractivity contribution >= 4 is 11.6 Å². The Morgan fingerprint density at radius 2 is 1.92 bits per heavy atom. The summed E-state index contributed by atoms with van der Waals surface area (Å²) in [6, 6.07) is 5.38. The number of hydrogen-bond donors (Lipinski definition) is 2. The van der Waals surface area contributed by atoms with Gasteiger partial charge in [0.05, 0.1) is 0 Å². The van der Waals surface area contributed by atoms with Crippen LogP contribution in [0.2, 0.25) is 0 Å². The number of hydrogen-bond acceptors (Lipinski definition) is 3. The normalized spacial score (nSPS) is 17.5. The van der Waals surface area contributed by atoms with Crippen LogP contribution in [-0.4, -0.2) is 43.4 Å². The second-order valence-electron chi connectivity index (χ2n) is 6.13. The van der Waals surface area contributed by atoms with E-state index in [4.69, 9.17) is 5.73 Å².